The van der Waals surface area contributed by atoms with Crippen molar-refractivity contribution in [1.29, 1.82) is 0 Å². The number of rotatable bonds is 6. The molecule has 3 amide bonds. The molecule has 0 radical (unpaired) electrons. The van der Waals surface area contributed by atoms with Gasteiger partial charge < -0.3 is 15.0 Å². The van der Waals surface area contributed by atoms with E-state index in [9.17, 15) is 22.8 Å². The highest BCUT2D eigenvalue weighted by atomic mass is 35.5. The summed E-state index contributed by atoms with van der Waals surface area (Å²) in [7, 11) is -2.33. The molecule has 1 N–H and O–H groups in total. The van der Waals surface area contributed by atoms with E-state index in [1.807, 2.05) is 0 Å². The molecule has 0 saturated carbocycles. The summed E-state index contributed by atoms with van der Waals surface area (Å²) >= 11 is 6.28. The monoisotopic (exact) mass is 555 g/mol. The number of hydrogen-bond acceptors (Lipinski definition) is 6. The summed E-state index contributed by atoms with van der Waals surface area (Å²) in [6.07, 6.45) is 2.13. The molecule has 0 bridgehead atoms. The molecule has 1 aliphatic rings. The van der Waals surface area contributed by atoms with E-state index < -0.39 is 33.8 Å². The van der Waals surface area contributed by atoms with E-state index in [-0.39, 0.29) is 16.1 Å². The van der Waals surface area contributed by atoms with Crippen LogP contribution >= 0.6 is 11.8 Å². The van der Waals surface area contributed by atoms with Gasteiger partial charge in [-0.1, -0.05) is 42.5 Å². The Labute approximate surface area is 226 Å². The number of nitrogens with one attached hydrogen (secondary N) is 1. The van der Waals surface area contributed by atoms with E-state index in [4.69, 9.17) is 16.5 Å². The minimum absolute atomic E-state index is 0.0424. The van der Waals surface area contributed by atoms with Crippen molar-refractivity contribution in [2.75, 3.05) is 29.6 Å². The molecule has 1 atom stereocenters. The molecule has 3 aromatic carbocycles. The van der Waals surface area contributed by atoms with E-state index >= 15 is 0 Å². The van der Waals surface area contributed by atoms with Gasteiger partial charge in [-0.05, 0) is 48.7 Å². The van der Waals surface area contributed by atoms with Crippen LogP contribution in [0.15, 0.2) is 77.7 Å². The zero-order chi connectivity index (χ0) is 27.4. The van der Waals surface area contributed by atoms with E-state index in [0.29, 0.717) is 36.2 Å². The normalized spacial score (nSPS) is 15.1. The maximum Gasteiger partial charge on any atom is 0.340 e. The molecule has 38 heavy (non-hydrogen) atoms. The Balaban J connectivity index is 1.61. The number of ether oxygens (including phenoxy) is 1. The maximum atomic E-state index is 13.3. The number of nitrogens with zero attached hydrogens (tertiary/aromatic N) is 2. The van der Waals surface area contributed by atoms with Crippen LogP contribution in [0, 0.1) is 0 Å². The summed E-state index contributed by atoms with van der Waals surface area (Å²) in [6, 6.07) is 18.4. The van der Waals surface area contributed by atoms with E-state index in [1.54, 1.807) is 54.6 Å². The van der Waals surface area contributed by atoms with Gasteiger partial charge in [0.15, 0.2) is 9.84 Å². The van der Waals surface area contributed by atoms with Crippen LogP contribution < -0.4 is 9.74 Å². The SMILES string of the molecule is COC(=O)c1cc(-c2ccccc2S(C)(=O)=O)ccc1NC(=O)C1CCCN1C(=O)N(Cl)c1ccccc1. The number of methoxy groups -OCH3 is 1. The molecule has 4 rings (SSSR count). The largest absolute Gasteiger partial charge is 0.465 e. The average Bonchev–Trinajstić information content (AvgIpc) is 3.42. The number of carbonyl (C=O) groups excluding carboxylic acids is 3. The molecule has 0 spiro atoms. The van der Waals surface area contributed by atoms with Gasteiger partial charge in [0.05, 0.1) is 28.9 Å². The van der Waals surface area contributed by atoms with Crippen molar-refractivity contribution in [2.24, 2.45) is 0 Å². The Bertz CT molecular complexity index is 1480. The molecule has 1 aliphatic heterocycles. The van der Waals surface area contributed by atoms with E-state index in [2.05, 4.69) is 5.32 Å². The summed E-state index contributed by atoms with van der Waals surface area (Å²) in [5.41, 5.74) is 1.56. The summed E-state index contributed by atoms with van der Waals surface area (Å²) in [5.74, 6) is -1.20. The average molecular weight is 556 g/mol. The van der Waals surface area contributed by atoms with Gasteiger partial charge in [0, 0.05) is 30.1 Å². The Morgan fingerprint density at radius 2 is 1.71 bits per heavy atom. The molecule has 1 heterocycles. The number of urea groups is 1. The second kappa shape index (κ2) is 11.2. The smallest absolute Gasteiger partial charge is 0.340 e. The fourth-order valence-electron chi connectivity index (χ4n) is 4.39. The summed E-state index contributed by atoms with van der Waals surface area (Å²) in [5, 5.41) is 2.74. The van der Waals surface area contributed by atoms with Crippen LogP contribution in [0.25, 0.3) is 11.1 Å². The van der Waals surface area contributed by atoms with Crippen LogP contribution in [-0.2, 0) is 19.4 Å². The minimum atomic E-state index is -3.54. The highest BCUT2D eigenvalue weighted by molar-refractivity contribution is 7.90. The molecule has 1 unspecified atom stereocenters. The van der Waals surface area contributed by atoms with Crippen LogP contribution in [0.3, 0.4) is 0 Å². The van der Waals surface area contributed by atoms with Crippen molar-refractivity contribution in [3.63, 3.8) is 0 Å². The van der Waals surface area contributed by atoms with Crippen LogP contribution in [0.2, 0.25) is 0 Å². The first-order chi connectivity index (χ1) is 18.1. The molecule has 9 nitrogen and oxygen atoms in total. The molecule has 0 aliphatic carbocycles. The van der Waals surface area contributed by atoms with Crippen LogP contribution in [-0.4, -0.2) is 57.2 Å². The number of benzene rings is 3. The minimum Gasteiger partial charge on any atom is -0.465 e. The molecule has 1 fully saturated rings. The molecule has 0 aromatic heterocycles. The third-order valence-electron chi connectivity index (χ3n) is 6.23. The Morgan fingerprint density at radius 3 is 2.39 bits per heavy atom. The van der Waals surface area contributed by atoms with E-state index in [1.165, 1.54) is 30.2 Å². The molecule has 11 heteroatoms. The molecule has 1 saturated heterocycles. The van der Waals surface area contributed by atoms with Crippen molar-refractivity contribution in [3.8, 4) is 11.1 Å². The van der Waals surface area contributed by atoms with Gasteiger partial charge in [-0.25, -0.2) is 22.4 Å². The van der Waals surface area contributed by atoms with Crippen LogP contribution in [0.5, 0.6) is 0 Å². The van der Waals surface area contributed by atoms with Gasteiger partial charge in [-0.15, -0.1) is 0 Å². The number of hydrogen-bond donors (Lipinski definition) is 1. The number of sulfone groups is 1. The molecular weight excluding hydrogens is 530 g/mol. The number of halogens is 1. The van der Waals surface area contributed by atoms with Gasteiger partial charge >= 0.3 is 12.0 Å². The predicted octanol–water partition coefficient (Wildman–Crippen LogP) is 4.73. The van der Waals surface area contributed by atoms with Crippen LogP contribution in [0.1, 0.15) is 23.2 Å². The first-order valence-electron chi connectivity index (χ1n) is 11.8. The lowest BCUT2D eigenvalue weighted by Gasteiger charge is -2.27. The van der Waals surface area contributed by atoms with Crippen molar-refractivity contribution in [3.05, 3.63) is 78.4 Å². The van der Waals surface area contributed by atoms with Gasteiger partial charge in [0.25, 0.3) is 0 Å². The first-order valence-corrected chi connectivity index (χ1v) is 14.0. The summed E-state index contributed by atoms with van der Waals surface area (Å²) in [6.45, 7) is 0.345. The molecular formula is C27H26ClN3O6S. The van der Waals surface area contributed by atoms with Gasteiger partial charge in [-0.2, -0.15) is 0 Å². The highest BCUT2D eigenvalue weighted by Gasteiger charge is 2.37. The van der Waals surface area contributed by atoms with Gasteiger partial charge in [0.2, 0.25) is 5.91 Å². The van der Waals surface area contributed by atoms with Crippen LogP contribution in [0.4, 0.5) is 16.2 Å². The fraction of sp³-hybridized carbons (Fsp3) is 0.222. The Kier molecular flexibility index (Phi) is 8.03. The highest BCUT2D eigenvalue weighted by Crippen LogP contribution is 2.32. The van der Waals surface area contributed by atoms with Crippen molar-refractivity contribution in [2.45, 2.75) is 23.8 Å². The van der Waals surface area contributed by atoms with Crippen molar-refractivity contribution in [1.82, 2.24) is 4.90 Å². The number of para-hydroxylation sites is 1. The fourth-order valence-corrected chi connectivity index (χ4v) is 5.52. The second-order valence-corrected chi connectivity index (χ2v) is 11.1. The third-order valence-corrected chi connectivity index (χ3v) is 7.73. The standard InChI is InChI=1S/C27H26ClN3O6S/c1-37-26(33)21-17-18(20-11-6-7-13-24(20)38(2,35)36)14-15-22(21)29-25(32)23-12-8-16-30(23)27(34)31(28)19-9-4-3-5-10-19/h3-7,9-11,13-15,17,23H,8,12,16H2,1-2H3,(H,29,32). The van der Waals surface area contributed by atoms with Gasteiger partial charge in [0.1, 0.15) is 6.04 Å². The number of amides is 3. The lowest BCUT2D eigenvalue weighted by Crippen LogP contribution is -2.47. The Hall–Kier alpha value is -3.89. The molecule has 198 valence electrons. The second-order valence-electron chi connectivity index (χ2n) is 8.76. The number of anilines is 2. The topological polar surface area (TPSA) is 113 Å². The third kappa shape index (κ3) is 5.66. The summed E-state index contributed by atoms with van der Waals surface area (Å²) < 4.78 is 30.5. The quantitative estimate of drug-likeness (QED) is 0.347. The van der Waals surface area contributed by atoms with E-state index in [0.717, 1.165) is 10.7 Å². The van der Waals surface area contributed by atoms with Crippen molar-refractivity contribution >= 4 is 50.9 Å². The molecule has 3 aromatic rings. The number of likely N-dealkylation sites (tertiary alicyclic amines) is 1. The van der Waals surface area contributed by atoms with Gasteiger partial charge in [-0.3, -0.25) is 4.79 Å². The maximum absolute atomic E-state index is 13.3. The summed E-state index contributed by atoms with van der Waals surface area (Å²) in [4.78, 5) is 40.5. The number of carbonyl (C=O) groups is 3. The number of esters is 1. The predicted molar refractivity (Wildman–Crippen MR) is 145 cm³/mol. The Morgan fingerprint density at radius 1 is 1.03 bits per heavy atom. The lowest BCUT2D eigenvalue weighted by molar-refractivity contribution is -0.119. The first kappa shape index (κ1) is 27.2. The lowest BCUT2D eigenvalue weighted by atomic mass is 10.0. The van der Waals surface area contributed by atoms with Crippen molar-refractivity contribution < 1.29 is 27.5 Å². The zero-order valence-electron chi connectivity index (χ0n) is 20.8. The zero-order valence-corrected chi connectivity index (χ0v) is 22.3.